The van der Waals surface area contributed by atoms with Gasteiger partial charge < -0.3 is 0 Å². The van der Waals surface area contributed by atoms with E-state index < -0.39 is 10.0 Å². The average molecular weight is 266 g/mol. The summed E-state index contributed by atoms with van der Waals surface area (Å²) in [6, 6.07) is 3.60. The third kappa shape index (κ3) is 2.57. The summed E-state index contributed by atoms with van der Waals surface area (Å²) in [5.41, 5.74) is 0.902. The minimum Gasteiger partial charge on any atom is -0.284 e. The summed E-state index contributed by atoms with van der Waals surface area (Å²) in [7, 11) is -3.49. The lowest BCUT2D eigenvalue weighted by molar-refractivity contribution is 0.423. The fraction of sp³-hybridized carbons (Fsp3) is 0.273. The molecule has 2 rings (SSSR count). The predicted molar refractivity (Wildman–Crippen MR) is 66.1 cm³/mol. The lowest BCUT2D eigenvalue weighted by atomic mass is 10.3. The summed E-state index contributed by atoms with van der Waals surface area (Å²) >= 11 is 0. The van der Waals surface area contributed by atoms with E-state index in [0.29, 0.717) is 13.1 Å². The topological polar surface area (TPSA) is 79.0 Å². The van der Waals surface area contributed by atoms with E-state index in [0.717, 1.165) is 5.56 Å². The molecule has 1 N–H and O–H groups in total. The van der Waals surface area contributed by atoms with E-state index in [1.54, 1.807) is 31.5 Å². The Hall–Kier alpha value is -1.73. The number of nitrogens with one attached hydrogen (secondary N) is 1. The molecule has 2 aromatic heterocycles. The van der Waals surface area contributed by atoms with Crippen LogP contribution in [0.25, 0.3) is 0 Å². The molecule has 0 aliphatic heterocycles. The first-order valence-corrected chi connectivity index (χ1v) is 6.96. The van der Waals surface area contributed by atoms with Crippen molar-refractivity contribution in [2.75, 3.05) is 6.54 Å². The highest BCUT2D eigenvalue weighted by Crippen LogP contribution is 2.16. The highest BCUT2D eigenvalue weighted by atomic mass is 32.2. The maximum Gasteiger partial charge on any atom is 0.246 e. The Morgan fingerprint density at radius 2 is 2.06 bits per heavy atom. The van der Waals surface area contributed by atoms with E-state index in [2.05, 4.69) is 15.2 Å². The zero-order valence-electron chi connectivity index (χ0n) is 9.94. The lowest BCUT2D eigenvalue weighted by Gasteiger charge is -2.19. The van der Waals surface area contributed by atoms with E-state index in [1.807, 2.05) is 0 Å². The number of aromatic amines is 1. The van der Waals surface area contributed by atoms with Crippen LogP contribution in [-0.4, -0.2) is 34.4 Å². The van der Waals surface area contributed by atoms with Gasteiger partial charge in [-0.25, -0.2) is 8.42 Å². The molecule has 2 aromatic rings. The molecule has 0 spiro atoms. The third-order valence-electron chi connectivity index (χ3n) is 2.57. The van der Waals surface area contributed by atoms with Crippen LogP contribution in [0.1, 0.15) is 12.5 Å². The van der Waals surface area contributed by atoms with Gasteiger partial charge in [0.05, 0.1) is 6.20 Å². The quantitative estimate of drug-likeness (QED) is 0.876. The normalized spacial score (nSPS) is 11.9. The number of sulfonamides is 1. The molecule has 0 fully saturated rings. The highest BCUT2D eigenvalue weighted by molar-refractivity contribution is 7.89. The van der Waals surface area contributed by atoms with Crippen LogP contribution in [0.5, 0.6) is 0 Å². The van der Waals surface area contributed by atoms with Crippen LogP contribution in [0.2, 0.25) is 0 Å². The number of pyridine rings is 1. The van der Waals surface area contributed by atoms with Crippen LogP contribution < -0.4 is 0 Å². The van der Waals surface area contributed by atoms with E-state index in [4.69, 9.17) is 0 Å². The predicted octanol–water partition coefficient (Wildman–Crippen LogP) is 1.02. The number of hydrogen-bond donors (Lipinski definition) is 1. The van der Waals surface area contributed by atoms with Crippen LogP contribution in [0.3, 0.4) is 0 Å². The molecule has 96 valence electrons. The van der Waals surface area contributed by atoms with Crippen LogP contribution in [0.15, 0.2) is 41.8 Å². The fourth-order valence-electron chi connectivity index (χ4n) is 1.59. The standard InChI is InChI=1S/C11H14N4O2S/c1-2-15(9-10-3-5-12-6-4-10)18(16,17)11-7-13-14-8-11/h3-8H,2,9H2,1H3,(H,13,14). The van der Waals surface area contributed by atoms with Gasteiger partial charge in [0.1, 0.15) is 4.90 Å². The van der Waals surface area contributed by atoms with Crippen LogP contribution >= 0.6 is 0 Å². The monoisotopic (exact) mass is 266 g/mol. The molecule has 0 bridgehead atoms. The van der Waals surface area contributed by atoms with Gasteiger partial charge in [-0.3, -0.25) is 10.1 Å². The molecule has 0 radical (unpaired) electrons. The second-order valence-electron chi connectivity index (χ2n) is 3.72. The average Bonchev–Trinajstić information content (AvgIpc) is 2.91. The molecule has 7 heteroatoms. The molecule has 18 heavy (non-hydrogen) atoms. The first-order chi connectivity index (χ1) is 8.64. The smallest absolute Gasteiger partial charge is 0.246 e. The molecule has 2 heterocycles. The van der Waals surface area contributed by atoms with Gasteiger partial charge in [0.2, 0.25) is 10.0 Å². The number of H-pyrrole nitrogens is 1. The van der Waals surface area contributed by atoms with Crippen molar-refractivity contribution < 1.29 is 8.42 Å². The summed E-state index contributed by atoms with van der Waals surface area (Å²) in [4.78, 5) is 4.09. The van der Waals surface area contributed by atoms with Gasteiger partial charge in [-0.05, 0) is 17.7 Å². The van der Waals surface area contributed by atoms with Gasteiger partial charge in [-0.15, -0.1) is 0 Å². The Balaban J connectivity index is 2.25. The zero-order valence-corrected chi connectivity index (χ0v) is 10.8. The SMILES string of the molecule is CCN(Cc1ccncc1)S(=O)(=O)c1cn[nH]c1. The van der Waals surface area contributed by atoms with Gasteiger partial charge in [0.15, 0.2) is 0 Å². The molecule has 6 nitrogen and oxygen atoms in total. The van der Waals surface area contributed by atoms with Crippen molar-refractivity contribution in [3.63, 3.8) is 0 Å². The first kappa shape index (κ1) is 12.7. The zero-order chi connectivity index (χ0) is 13.0. The van der Waals surface area contributed by atoms with Crippen molar-refractivity contribution >= 4 is 10.0 Å². The summed E-state index contributed by atoms with van der Waals surface area (Å²) in [6.07, 6.45) is 5.98. The second kappa shape index (κ2) is 5.28. The van der Waals surface area contributed by atoms with E-state index in [9.17, 15) is 8.42 Å². The summed E-state index contributed by atoms with van der Waals surface area (Å²) in [5, 5.41) is 6.18. The van der Waals surface area contributed by atoms with Crippen molar-refractivity contribution in [1.29, 1.82) is 0 Å². The summed E-state index contributed by atoms with van der Waals surface area (Å²) in [5.74, 6) is 0. The molecular formula is C11H14N4O2S. The highest BCUT2D eigenvalue weighted by Gasteiger charge is 2.23. The maximum absolute atomic E-state index is 12.3. The Bertz CT molecular complexity index is 581. The second-order valence-corrected chi connectivity index (χ2v) is 5.66. The molecule has 0 unspecified atom stereocenters. The molecule has 0 amide bonds. The molecule has 0 saturated carbocycles. The van der Waals surface area contributed by atoms with E-state index in [1.165, 1.54) is 16.7 Å². The van der Waals surface area contributed by atoms with Gasteiger partial charge in [-0.2, -0.15) is 9.40 Å². The largest absolute Gasteiger partial charge is 0.284 e. The Labute approximate surface area is 106 Å². The van der Waals surface area contributed by atoms with Gasteiger partial charge >= 0.3 is 0 Å². The Kier molecular flexibility index (Phi) is 3.73. The van der Waals surface area contributed by atoms with Crippen molar-refractivity contribution in [3.8, 4) is 0 Å². The van der Waals surface area contributed by atoms with Crippen molar-refractivity contribution in [2.24, 2.45) is 0 Å². The number of aromatic nitrogens is 3. The lowest BCUT2D eigenvalue weighted by Crippen LogP contribution is -2.30. The fourth-order valence-corrected chi connectivity index (χ4v) is 2.93. The molecule has 0 atom stereocenters. The van der Waals surface area contributed by atoms with Crippen molar-refractivity contribution in [3.05, 3.63) is 42.5 Å². The van der Waals surface area contributed by atoms with E-state index >= 15 is 0 Å². The number of hydrogen-bond acceptors (Lipinski definition) is 4. The molecule has 0 saturated heterocycles. The first-order valence-electron chi connectivity index (χ1n) is 5.52. The van der Waals surface area contributed by atoms with Gasteiger partial charge in [0.25, 0.3) is 0 Å². The third-order valence-corrected chi connectivity index (χ3v) is 4.46. The minimum absolute atomic E-state index is 0.179. The van der Waals surface area contributed by atoms with Gasteiger partial charge in [-0.1, -0.05) is 6.92 Å². The van der Waals surface area contributed by atoms with Crippen LogP contribution in [0.4, 0.5) is 0 Å². The van der Waals surface area contributed by atoms with Crippen molar-refractivity contribution in [1.82, 2.24) is 19.5 Å². The summed E-state index contributed by atoms with van der Waals surface area (Å²) < 4.78 is 26.0. The molecular weight excluding hydrogens is 252 g/mol. The number of rotatable bonds is 5. The van der Waals surface area contributed by atoms with Crippen LogP contribution in [0, 0.1) is 0 Å². The summed E-state index contributed by atoms with van der Waals surface area (Å²) in [6.45, 7) is 2.53. The molecule has 0 aromatic carbocycles. The Morgan fingerprint density at radius 1 is 1.33 bits per heavy atom. The maximum atomic E-state index is 12.3. The van der Waals surface area contributed by atoms with Crippen molar-refractivity contribution in [2.45, 2.75) is 18.4 Å². The molecule has 0 aliphatic carbocycles. The number of nitrogens with zero attached hydrogens (tertiary/aromatic N) is 3. The van der Waals surface area contributed by atoms with E-state index in [-0.39, 0.29) is 4.90 Å². The van der Waals surface area contributed by atoms with Crippen LogP contribution in [-0.2, 0) is 16.6 Å². The Morgan fingerprint density at radius 3 is 2.61 bits per heavy atom. The minimum atomic E-state index is -3.49. The van der Waals surface area contributed by atoms with Gasteiger partial charge in [0, 0.05) is 31.7 Å². The molecule has 0 aliphatic rings.